The smallest absolute Gasteiger partial charge is 0.236 e. The first kappa shape index (κ1) is 21.0. The Morgan fingerprint density at radius 2 is 1.73 bits per heavy atom. The third-order valence-electron chi connectivity index (χ3n) is 7.83. The van der Waals surface area contributed by atoms with Gasteiger partial charge in [-0.25, -0.2) is 9.67 Å². The Morgan fingerprint density at radius 3 is 2.48 bits per heavy atom. The maximum atomic E-state index is 13.0. The molecule has 9 heteroatoms. The maximum Gasteiger partial charge on any atom is 0.236 e. The Bertz CT molecular complexity index is 988. The standard InChI is InChI=1S/C24H34N8O/c33-24(31-12-10-29(11-13-31)20-4-3-5-20)18-28-9-6-21-19(16-28)17-32(27-21)23-15-25-14-22(26-23)30-7-1-2-8-30/h14-15,17,20H,1-13,16,18H2. The molecular weight excluding hydrogens is 416 g/mol. The quantitative estimate of drug-likeness (QED) is 0.680. The van der Waals surface area contributed by atoms with E-state index in [0.29, 0.717) is 6.54 Å². The number of rotatable bonds is 5. The number of piperazine rings is 1. The van der Waals surface area contributed by atoms with E-state index in [0.717, 1.165) is 82.2 Å². The molecule has 0 bridgehead atoms. The molecule has 2 saturated heterocycles. The largest absolute Gasteiger partial charge is 0.355 e. The molecule has 5 heterocycles. The molecule has 0 atom stereocenters. The zero-order valence-electron chi connectivity index (χ0n) is 19.4. The summed E-state index contributed by atoms with van der Waals surface area (Å²) in [5, 5.41) is 4.80. The van der Waals surface area contributed by atoms with Crippen molar-refractivity contribution >= 4 is 11.7 Å². The van der Waals surface area contributed by atoms with Gasteiger partial charge >= 0.3 is 0 Å². The van der Waals surface area contributed by atoms with E-state index in [4.69, 9.17) is 10.1 Å². The van der Waals surface area contributed by atoms with Gasteiger partial charge in [0.15, 0.2) is 5.82 Å². The predicted octanol–water partition coefficient (Wildman–Crippen LogP) is 1.32. The summed E-state index contributed by atoms with van der Waals surface area (Å²) >= 11 is 0. The van der Waals surface area contributed by atoms with Gasteiger partial charge in [0.2, 0.25) is 5.91 Å². The molecule has 0 N–H and O–H groups in total. The second kappa shape index (κ2) is 9.02. The van der Waals surface area contributed by atoms with Gasteiger partial charge in [-0.3, -0.25) is 19.6 Å². The fourth-order valence-corrected chi connectivity index (χ4v) is 5.56. The van der Waals surface area contributed by atoms with Gasteiger partial charge in [0.05, 0.1) is 24.6 Å². The lowest BCUT2D eigenvalue weighted by Crippen LogP contribution is -2.55. The van der Waals surface area contributed by atoms with Crippen LogP contribution in [0.5, 0.6) is 0 Å². The van der Waals surface area contributed by atoms with E-state index in [1.165, 1.54) is 37.7 Å². The Morgan fingerprint density at radius 1 is 0.939 bits per heavy atom. The highest BCUT2D eigenvalue weighted by molar-refractivity contribution is 5.78. The molecule has 0 unspecified atom stereocenters. The summed E-state index contributed by atoms with van der Waals surface area (Å²) in [4.78, 5) is 31.4. The van der Waals surface area contributed by atoms with Gasteiger partial charge < -0.3 is 9.80 Å². The molecule has 2 aromatic rings. The SMILES string of the molecule is O=C(CN1CCc2nn(-c3cncc(N4CCCC4)n3)cc2C1)N1CCN(C2CCC2)CC1. The second-order valence-electron chi connectivity index (χ2n) is 9.94. The van der Waals surface area contributed by atoms with Crippen LogP contribution in [-0.2, 0) is 17.8 Å². The molecule has 3 aliphatic heterocycles. The van der Waals surface area contributed by atoms with Gasteiger partial charge in [0.25, 0.3) is 0 Å². The van der Waals surface area contributed by atoms with Crippen LogP contribution in [-0.4, -0.2) is 98.8 Å². The highest BCUT2D eigenvalue weighted by atomic mass is 16.2. The Labute approximate surface area is 195 Å². The van der Waals surface area contributed by atoms with Crippen LogP contribution >= 0.6 is 0 Å². The van der Waals surface area contributed by atoms with Gasteiger partial charge in [-0.1, -0.05) is 6.42 Å². The van der Waals surface area contributed by atoms with Crippen molar-refractivity contribution in [3.8, 4) is 5.82 Å². The molecule has 176 valence electrons. The number of aromatic nitrogens is 4. The lowest BCUT2D eigenvalue weighted by Gasteiger charge is -2.43. The monoisotopic (exact) mass is 450 g/mol. The number of amides is 1. The molecular formula is C24H34N8O. The summed E-state index contributed by atoms with van der Waals surface area (Å²) in [5.41, 5.74) is 2.30. The zero-order valence-corrected chi connectivity index (χ0v) is 19.4. The van der Waals surface area contributed by atoms with Gasteiger partial charge in [0.1, 0.15) is 5.82 Å². The minimum atomic E-state index is 0.267. The highest BCUT2D eigenvalue weighted by Crippen LogP contribution is 2.26. The molecule has 1 aliphatic carbocycles. The number of nitrogens with zero attached hydrogens (tertiary/aromatic N) is 8. The van der Waals surface area contributed by atoms with Crippen molar-refractivity contribution in [2.24, 2.45) is 0 Å². The average molecular weight is 451 g/mol. The van der Waals surface area contributed by atoms with E-state index >= 15 is 0 Å². The Kier molecular flexibility index (Phi) is 5.75. The fraction of sp³-hybridized carbons (Fsp3) is 0.667. The summed E-state index contributed by atoms with van der Waals surface area (Å²) in [5.74, 6) is 1.96. The van der Waals surface area contributed by atoms with Crippen LogP contribution < -0.4 is 4.90 Å². The molecule has 0 radical (unpaired) electrons. The number of carbonyl (C=O) groups is 1. The van der Waals surface area contributed by atoms with E-state index in [2.05, 4.69) is 30.8 Å². The van der Waals surface area contributed by atoms with Crippen LogP contribution in [0.3, 0.4) is 0 Å². The second-order valence-corrected chi connectivity index (χ2v) is 9.94. The van der Waals surface area contributed by atoms with Crippen molar-refractivity contribution in [1.29, 1.82) is 0 Å². The first-order chi connectivity index (χ1) is 16.2. The summed E-state index contributed by atoms with van der Waals surface area (Å²) < 4.78 is 1.86. The van der Waals surface area contributed by atoms with Gasteiger partial charge in [-0.15, -0.1) is 0 Å². The van der Waals surface area contributed by atoms with Crippen LogP contribution in [0, 0.1) is 0 Å². The normalized spacial score (nSPS) is 22.4. The number of hydrogen-bond acceptors (Lipinski definition) is 7. The van der Waals surface area contributed by atoms with Crippen LogP contribution in [0.15, 0.2) is 18.6 Å². The van der Waals surface area contributed by atoms with E-state index in [1.807, 2.05) is 10.9 Å². The van der Waals surface area contributed by atoms with Gasteiger partial charge in [-0.2, -0.15) is 5.10 Å². The van der Waals surface area contributed by atoms with Crippen LogP contribution in [0.1, 0.15) is 43.4 Å². The summed E-state index contributed by atoms with van der Waals surface area (Å²) in [6.45, 7) is 8.04. The van der Waals surface area contributed by atoms with E-state index in [9.17, 15) is 4.79 Å². The number of anilines is 1. The molecule has 33 heavy (non-hydrogen) atoms. The minimum absolute atomic E-state index is 0.267. The van der Waals surface area contributed by atoms with E-state index < -0.39 is 0 Å². The van der Waals surface area contributed by atoms with Crippen molar-refractivity contribution in [3.05, 3.63) is 29.8 Å². The van der Waals surface area contributed by atoms with Gasteiger partial charge in [0, 0.05) is 76.6 Å². The summed E-state index contributed by atoms with van der Waals surface area (Å²) in [6, 6.07) is 0.778. The Hall–Kier alpha value is -2.52. The third-order valence-corrected chi connectivity index (χ3v) is 7.83. The first-order valence-electron chi connectivity index (χ1n) is 12.6. The highest BCUT2D eigenvalue weighted by Gasteiger charge is 2.30. The third kappa shape index (κ3) is 4.36. The van der Waals surface area contributed by atoms with Crippen molar-refractivity contribution in [2.45, 2.75) is 51.1 Å². The molecule has 1 saturated carbocycles. The first-order valence-corrected chi connectivity index (χ1v) is 12.6. The minimum Gasteiger partial charge on any atom is -0.355 e. The van der Waals surface area contributed by atoms with Crippen molar-refractivity contribution in [1.82, 2.24) is 34.4 Å². The molecule has 4 aliphatic rings. The molecule has 3 fully saturated rings. The number of hydrogen-bond donors (Lipinski definition) is 0. The van der Waals surface area contributed by atoms with Crippen LogP contribution in [0.2, 0.25) is 0 Å². The lowest BCUT2D eigenvalue weighted by molar-refractivity contribution is -0.135. The van der Waals surface area contributed by atoms with Crippen molar-refractivity contribution in [3.63, 3.8) is 0 Å². The number of fused-ring (bicyclic) bond motifs is 1. The van der Waals surface area contributed by atoms with E-state index in [-0.39, 0.29) is 5.91 Å². The predicted molar refractivity (Wildman–Crippen MR) is 125 cm³/mol. The van der Waals surface area contributed by atoms with Crippen LogP contribution in [0.4, 0.5) is 5.82 Å². The van der Waals surface area contributed by atoms with Crippen LogP contribution in [0.25, 0.3) is 5.82 Å². The zero-order chi connectivity index (χ0) is 22.2. The fourth-order valence-electron chi connectivity index (χ4n) is 5.56. The maximum absolute atomic E-state index is 13.0. The molecule has 1 amide bonds. The van der Waals surface area contributed by atoms with E-state index in [1.54, 1.807) is 6.20 Å². The average Bonchev–Trinajstić information content (AvgIpc) is 3.49. The number of carbonyl (C=O) groups excluding carboxylic acids is 1. The van der Waals surface area contributed by atoms with Gasteiger partial charge in [-0.05, 0) is 25.7 Å². The molecule has 6 rings (SSSR count). The van der Waals surface area contributed by atoms with Crippen molar-refractivity contribution < 1.29 is 4.79 Å². The summed E-state index contributed by atoms with van der Waals surface area (Å²) in [6.07, 6.45) is 13.0. The molecule has 2 aromatic heterocycles. The Balaban J connectivity index is 1.07. The molecule has 0 spiro atoms. The van der Waals surface area contributed by atoms with Crippen molar-refractivity contribution in [2.75, 3.05) is 57.3 Å². The summed E-state index contributed by atoms with van der Waals surface area (Å²) in [7, 11) is 0. The molecule has 0 aromatic carbocycles. The topological polar surface area (TPSA) is 73.6 Å². The molecule has 9 nitrogen and oxygen atoms in total. The lowest BCUT2D eigenvalue weighted by atomic mass is 9.91.